The standard InChI is InChI=1S/C56H37N3/c1-5-19-38(20-6-1)53-57-54(39-21-7-2-8-22-39)59-55(58-53)43-26-18-24-41(36-43)40-23-17-25-42(35-40)49-37-51-52(47-32-14-13-31-46(47)49)48-33-15-16-34-50(48)56(51,44-27-9-3-10-28-44)45-29-11-4-12-30-45/h1-37H. The van der Waals surface area contributed by atoms with Crippen molar-refractivity contribution in [1.29, 1.82) is 0 Å². The highest BCUT2D eigenvalue weighted by molar-refractivity contribution is 6.10. The number of rotatable bonds is 7. The van der Waals surface area contributed by atoms with Gasteiger partial charge in [-0.1, -0.05) is 206 Å². The van der Waals surface area contributed by atoms with Crippen LogP contribution in [-0.4, -0.2) is 15.0 Å². The van der Waals surface area contributed by atoms with Gasteiger partial charge in [-0.2, -0.15) is 0 Å². The molecule has 9 aromatic carbocycles. The van der Waals surface area contributed by atoms with E-state index in [1.54, 1.807) is 0 Å². The van der Waals surface area contributed by atoms with E-state index in [4.69, 9.17) is 15.0 Å². The van der Waals surface area contributed by atoms with Crippen LogP contribution in [0.2, 0.25) is 0 Å². The molecule has 1 aromatic heterocycles. The Morgan fingerprint density at radius 2 is 0.695 bits per heavy atom. The molecule has 1 aliphatic carbocycles. The van der Waals surface area contributed by atoms with Crippen LogP contribution in [0, 0.1) is 0 Å². The summed E-state index contributed by atoms with van der Waals surface area (Å²) in [7, 11) is 0. The quantitative estimate of drug-likeness (QED) is 0.163. The minimum Gasteiger partial charge on any atom is -0.208 e. The van der Waals surface area contributed by atoms with Gasteiger partial charge in [0.05, 0.1) is 5.41 Å². The van der Waals surface area contributed by atoms with E-state index in [1.807, 2.05) is 60.7 Å². The fraction of sp³-hybridized carbons (Fsp3) is 0.0179. The predicted octanol–water partition coefficient (Wildman–Crippen LogP) is 13.7. The highest BCUT2D eigenvalue weighted by atomic mass is 15.0. The molecule has 1 aliphatic rings. The number of hydrogen-bond donors (Lipinski definition) is 0. The van der Waals surface area contributed by atoms with Gasteiger partial charge in [-0.15, -0.1) is 0 Å². The zero-order valence-electron chi connectivity index (χ0n) is 32.2. The summed E-state index contributed by atoms with van der Waals surface area (Å²) in [5.41, 5.74) is 14.6. The third-order valence-electron chi connectivity index (χ3n) is 11.8. The maximum Gasteiger partial charge on any atom is 0.164 e. The first-order valence-corrected chi connectivity index (χ1v) is 20.1. The third-order valence-corrected chi connectivity index (χ3v) is 11.8. The molecular weight excluding hydrogens is 715 g/mol. The van der Waals surface area contributed by atoms with Crippen LogP contribution in [0.15, 0.2) is 224 Å². The van der Waals surface area contributed by atoms with Crippen LogP contribution in [0.25, 0.3) is 78.3 Å². The van der Waals surface area contributed by atoms with Crippen LogP contribution in [0.5, 0.6) is 0 Å². The van der Waals surface area contributed by atoms with Crippen molar-refractivity contribution in [3.8, 4) is 67.5 Å². The van der Waals surface area contributed by atoms with Crippen molar-refractivity contribution in [3.05, 3.63) is 247 Å². The molecule has 276 valence electrons. The second-order valence-electron chi connectivity index (χ2n) is 15.1. The normalized spacial score (nSPS) is 12.5. The monoisotopic (exact) mass is 751 g/mol. The van der Waals surface area contributed by atoms with Gasteiger partial charge in [-0.3, -0.25) is 0 Å². The first-order chi connectivity index (χ1) is 29.3. The third kappa shape index (κ3) is 5.78. The summed E-state index contributed by atoms with van der Waals surface area (Å²) in [5, 5.41) is 2.49. The van der Waals surface area contributed by atoms with Crippen molar-refractivity contribution in [2.24, 2.45) is 0 Å². The zero-order chi connectivity index (χ0) is 39.2. The van der Waals surface area contributed by atoms with Crippen molar-refractivity contribution >= 4 is 10.8 Å². The van der Waals surface area contributed by atoms with E-state index in [0.29, 0.717) is 17.5 Å². The molecule has 0 saturated carbocycles. The van der Waals surface area contributed by atoms with Gasteiger partial charge < -0.3 is 0 Å². The molecule has 3 nitrogen and oxygen atoms in total. The molecule has 0 unspecified atom stereocenters. The van der Waals surface area contributed by atoms with Crippen molar-refractivity contribution < 1.29 is 0 Å². The molecule has 0 N–H and O–H groups in total. The number of benzene rings is 9. The smallest absolute Gasteiger partial charge is 0.164 e. The molecule has 0 radical (unpaired) electrons. The van der Waals surface area contributed by atoms with Gasteiger partial charge in [0.25, 0.3) is 0 Å². The van der Waals surface area contributed by atoms with Gasteiger partial charge in [-0.25, -0.2) is 15.0 Å². The Labute approximate surface area is 344 Å². The molecule has 0 atom stereocenters. The summed E-state index contributed by atoms with van der Waals surface area (Å²) in [4.78, 5) is 15.0. The summed E-state index contributed by atoms with van der Waals surface area (Å²) >= 11 is 0. The van der Waals surface area contributed by atoms with E-state index in [9.17, 15) is 0 Å². The first-order valence-electron chi connectivity index (χ1n) is 20.1. The van der Waals surface area contributed by atoms with Gasteiger partial charge in [-0.05, 0) is 84.6 Å². The van der Waals surface area contributed by atoms with Crippen LogP contribution >= 0.6 is 0 Å². The Morgan fingerprint density at radius 1 is 0.271 bits per heavy atom. The lowest BCUT2D eigenvalue weighted by atomic mass is 9.67. The summed E-state index contributed by atoms with van der Waals surface area (Å²) < 4.78 is 0. The highest BCUT2D eigenvalue weighted by Crippen LogP contribution is 2.59. The molecule has 0 saturated heterocycles. The Balaban J connectivity index is 1.08. The molecule has 0 fully saturated rings. The zero-order valence-corrected chi connectivity index (χ0v) is 32.2. The predicted molar refractivity (Wildman–Crippen MR) is 242 cm³/mol. The van der Waals surface area contributed by atoms with Crippen LogP contribution in [0.4, 0.5) is 0 Å². The van der Waals surface area contributed by atoms with Crippen LogP contribution in [-0.2, 0) is 5.41 Å². The maximum absolute atomic E-state index is 5.03. The van der Waals surface area contributed by atoms with E-state index in [-0.39, 0.29) is 0 Å². The second kappa shape index (κ2) is 14.3. The lowest BCUT2D eigenvalue weighted by Crippen LogP contribution is -2.28. The molecule has 0 bridgehead atoms. The molecule has 0 spiro atoms. The van der Waals surface area contributed by atoms with Crippen molar-refractivity contribution in [3.63, 3.8) is 0 Å². The van der Waals surface area contributed by atoms with Crippen LogP contribution in [0.3, 0.4) is 0 Å². The average Bonchev–Trinajstić information content (AvgIpc) is 3.63. The number of nitrogens with zero attached hydrogens (tertiary/aromatic N) is 3. The highest BCUT2D eigenvalue weighted by Gasteiger charge is 2.47. The summed E-state index contributed by atoms with van der Waals surface area (Å²) in [6.07, 6.45) is 0. The second-order valence-corrected chi connectivity index (χ2v) is 15.1. The number of aromatic nitrogens is 3. The van der Waals surface area contributed by atoms with Gasteiger partial charge in [0.2, 0.25) is 0 Å². The fourth-order valence-electron chi connectivity index (χ4n) is 9.18. The van der Waals surface area contributed by atoms with Crippen molar-refractivity contribution in [2.75, 3.05) is 0 Å². The van der Waals surface area contributed by atoms with Crippen molar-refractivity contribution in [2.45, 2.75) is 5.41 Å². The Hall–Kier alpha value is -7.75. The van der Waals surface area contributed by atoms with E-state index in [2.05, 4.69) is 164 Å². The first kappa shape index (κ1) is 34.5. The minimum absolute atomic E-state index is 0.499. The number of fused-ring (bicyclic) bond motifs is 5. The van der Waals surface area contributed by atoms with Crippen LogP contribution in [0.1, 0.15) is 22.3 Å². The van der Waals surface area contributed by atoms with E-state index in [0.717, 1.165) is 33.4 Å². The van der Waals surface area contributed by atoms with Crippen molar-refractivity contribution in [1.82, 2.24) is 15.0 Å². The van der Waals surface area contributed by atoms with Gasteiger partial charge in [0.1, 0.15) is 0 Å². The molecule has 0 amide bonds. The molecule has 59 heavy (non-hydrogen) atoms. The molecule has 3 heteroatoms. The average molecular weight is 752 g/mol. The molecule has 11 rings (SSSR count). The number of hydrogen-bond acceptors (Lipinski definition) is 3. The fourth-order valence-corrected chi connectivity index (χ4v) is 9.18. The lowest BCUT2D eigenvalue weighted by molar-refractivity contribution is 0.769. The SMILES string of the molecule is c1ccc(-c2nc(-c3ccccc3)nc(-c3cccc(-c4cccc(-c5cc6c(c7ccccc57)-c5ccccc5C6(c5ccccc5)c5ccccc5)c4)c3)n2)cc1. The minimum atomic E-state index is -0.499. The molecule has 10 aromatic rings. The summed E-state index contributed by atoms with van der Waals surface area (Å²) in [5.74, 6) is 1.93. The molecule has 1 heterocycles. The Bertz CT molecular complexity index is 3040. The van der Waals surface area contributed by atoms with Crippen LogP contribution < -0.4 is 0 Å². The Kier molecular flexibility index (Phi) is 8.37. The Morgan fingerprint density at radius 3 is 1.29 bits per heavy atom. The molecule has 0 aliphatic heterocycles. The van der Waals surface area contributed by atoms with E-state index >= 15 is 0 Å². The van der Waals surface area contributed by atoms with Gasteiger partial charge in [0, 0.05) is 16.7 Å². The van der Waals surface area contributed by atoms with E-state index < -0.39 is 5.41 Å². The van der Waals surface area contributed by atoms with Gasteiger partial charge >= 0.3 is 0 Å². The lowest BCUT2D eigenvalue weighted by Gasteiger charge is -2.34. The summed E-state index contributed by atoms with van der Waals surface area (Å²) in [6.45, 7) is 0. The van der Waals surface area contributed by atoms with E-state index in [1.165, 1.54) is 49.7 Å². The van der Waals surface area contributed by atoms with Gasteiger partial charge in [0.15, 0.2) is 17.5 Å². The topological polar surface area (TPSA) is 38.7 Å². The largest absolute Gasteiger partial charge is 0.208 e. The molecular formula is C56H37N3. The summed E-state index contributed by atoms with van der Waals surface area (Å²) in [6, 6.07) is 80.2. The maximum atomic E-state index is 5.03.